The lowest BCUT2D eigenvalue weighted by Gasteiger charge is -2.17. The highest BCUT2D eigenvalue weighted by molar-refractivity contribution is 5.85. The minimum atomic E-state index is -1.05. The fourth-order valence-electron chi connectivity index (χ4n) is 1.70. The summed E-state index contributed by atoms with van der Waals surface area (Å²) in [4.78, 5) is 12.4. The minimum absolute atomic E-state index is 0.333. The quantitative estimate of drug-likeness (QED) is 0.587. The Balaban J connectivity index is 2.61. The summed E-state index contributed by atoms with van der Waals surface area (Å²) in [5, 5.41) is 8.52. The minimum Gasteiger partial charge on any atom is -0.478 e. The predicted octanol–water partition coefficient (Wildman–Crippen LogP) is 2.39. The first-order chi connectivity index (χ1) is 9.52. The van der Waals surface area contributed by atoms with Gasteiger partial charge in [0, 0.05) is 31.3 Å². The van der Waals surface area contributed by atoms with Gasteiger partial charge in [-0.05, 0) is 31.7 Å². The third kappa shape index (κ3) is 5.95. The van der Waals surface area contributed by atoms with Crippen molar-refractivity contribution in [1.82, 2.24) is 4.90 Å². The Labute approximate surface area is 118 Å². The maximum absolute atomic E-state index is 13.9. The van der Waals surface area contributed by atoms with Gasteiger partial charge in [0.15, 0.2) is 0 Å². The third-order valence-electron chi connectivity index (χ3n) is 2.76. The Bertz CT molecular complexity index is 474. The maximum Gasteiger partial charge on any atom is 0.328 e. The molecule has 0 aromatic heterocycles. The first-order valence-electron chi connectivity index (χ1n) is 6.48. The average molecular weight is 281 g/mol. The van der Waals surface area contributed by atoms with Gasteiger partial charge in [-0.25, -0.2) is 9.18 Å². The highest BCUT2D eigenvalue weighted by Gasteiger charge is 2.06. The van der Waals surface area contributed by atoms with Crippen LogP contribution in [0.1, 0.15) is 18.1 Å². The highest BCUT2D eigenvalue weighted by atomic mass is 19.1. The van der Waals surface area contributed by atoms with Crippen LogP contribution in [-0.2, 0) is 16.1 Å². The Kier molecular flexibility index (Phi) is 6.90. The predicted molar refractivity (Wildman–Crippen MR) is 75.9 cm³/mol. The van der Waals surface area contributed by atoms with Crippen LogP contribution in [0, 0.1) is 5.82 Å². The van der Waals surface area contributed by atoms with E-state index in [1.165, 1.54) is 12.1 Å². The van der Waals surface area contributed by atoms with E-state index in [9.17, 15) is 9.18 Å². The van der Waals surface area contributed by atoms with Gasteiger partial charge >= 0.3 is 5.97 Å². The van der Waals surface area contributed by atoms with Crippen molar-refractivity contribution in [2.24, 2.45) is 0 Å². The van der Waals surface area contributed by atoms with Crippen LogP contribution >= 0.6 is 0 Å². The number of aliphatic carboxylic acids is 1. The lowest BCUT2D eigenvalue weighted by Crippen LogP contribution is -2.23. The molecule has 0 saturated heterocycles. The lowest BCUT2D eigenvalue weighted by atomic mass is 10.1. The second-order valence-corrected chi connectivity index (χ2v) is 4.46. The fourth-order valence-corrected chi connectivity index (χ4v) is 1.70. The van der Waals surface area contributed by atoms with Crippen LogP contribution in [0.25, 0.3) is 6.08 Å². The number of carbonyl (C=O) groups is 1. The summed E-state index contributed by atoms with van der Waals surface area (Å²) in [7, 11) is 1.90. The van der Waals surface area contributed by atoms with Crippen LogP contribution < -0.4 is 0 Å². The maximum atomic E-state index is 13.9. The van der Waals surface area contributed by atoms with Gasteiger partial charge in [-0.15, -0.1) is 0 Å². The van der Waals surface area contributed by atoms with Gasteiger partial charge in [0.05, 0.1) is 6.61 Å². The molecule has 0 spiro atoms. The lowest BCUT2D eigenvalue weighted by molar-refractivity contribution is -0.131. The van der Waals surface area contributed by atoms with Crippen molar-refractivity contribution in [3.8, 4) is 0 Å². The molecule has 0 radical (unpaired) electrons. The zero-order valence-corrected chi connectivity index (χ0v) is 11.8. The van der Waals surface area contributed by atoms with Crippen molar-refractivity contribution in [2.45, 2.75) is 13.5 Å². The zero-order chi connectivity index (χ0) is 15.0. The molecule has 0 aliphatic heterocycles. The van der Waals surface area contributed by atoms with Crippen LogP contribution in [0.5, 0.6) is 0 Å². The summed E-state index contributed by atoms with van der Waals surface area (Å²) in [6.45, 7) is 4.44. The molecule has 4 nitrogen and oxygen atoms in total. The number of likely N-dealkylation sites (N-methyl/N-ethyl adjacent to an activating group) is 1. The Hall–Kier alpha value is -1.72. The molecular weight excluding hydrogens is 261 g/mol. The van der Waals surface area contributed by atoms with Crippen LogP contribution in [0.4, 0.5) is 4.39 Å². The van der Waals surface area contributed by atoms with Crippen molar-refractivity contribution >= 4 is 12.0 Å². The zero-order valence-electron chi connectivity index (χ0n) is 11.8. The molecule has 1 aromatic rings. The average Bonchev–Trinajstić information content (AvgIpc) is 2.39. The van der Waals surface area contributed by atoms with Gasteiger partial charge in [-0.1, -0.05) is 12.1 Å². The van der Waals surface area contributed by atoms with Gasteiger partial charge in [-0.2, -0.15) is 0 Å². The van der Waals surface area contributed by atoms with E-state index in [1.54, 1.807) is 12.1 Å². The molecule has 0 aliphatic carbocycles. The van der Waals surface area contributed by atoms with E-state index in [4.69, 9.17) is 9.84 Å². The van der Waals surface area contributed by atoms with Gasteiger partial charge in [0.25, 0.3) is 0 Å². The monoisotopic (exact) mass is 281 g/mol. The molecule has 0 aliphatic rings. The van der Waals surface area contributed by atoms with E-state index < -0.39 is 5.97 Å². The largest absolute Gasteiger partial charge is 0.478 e. The van der Waals surface area contributed by atoms with Crippen LogP contribution in [0.3, 0.4) is 0 Å². The van der Waals surface area contributed by atoms with Crippen molar-refractivity contribution < 1.29 is 19.0 Å². The molecule has 1 rings (SSSR count). The number of nitrogens with zero attached hydrogens (tertiary/aromatic N) is 1. The normalized spacial score (nSPS) is 11.4. The number of ether oxygens (including phenoxy) is 1. The standard InChI is InChI=1S/C15H20FNO3/c1-3-20-9-8-17(2)11-13-6-4-12(10-14(13)16)5-7-15(18)19/h4-7,10H,3,8-9,11H2,1-2H3,(H,18,19)/b7-5+. The second-order valence-electron chi connectivity index (χ2n) is 4.46. The topological polar surface area (TPSA) is 49.8 Å². The smallest absolute Gasteiger partial charge is 0.328 e. The summed E-state index contributed by atoms with van der Waals surface area (Å²) < 4.78 is 19.1. The summed E-state index contributed by atoms with van der Waals surface area (Å²) >= 11 is 0. The number of carboxylic acids is 1. The summed E-state index contributed by atoms with van der Waals surface area (Å²) in [6, 6.07) is 4.72. The Morgan fingerprint density at radius 1 is 1.50 bits per heavy atom. The fraction of sp³-hybridized carbons (Fsp3) is 0.400. The summed E-state index contributed by atoms with van der Waals surface area (Å²) in [6.07, 6.45) is 2.36. The van der Waals surface area contributed by atoms with E-state index in [0.29, 0.717) is 30.9 Å². The SMILES string of the molecule is CCOCCN(C)Cc1ccc(/C=C/C(=O)O)cc1F. The summed E-state index contributed by atoms with van der Waals surface area (Å²) in [5.74, 6) is -1.38. The van der Waals surface area contributed by atoms with Gasteiger partial charge < -0.3 is 9.84 Å². The van der Waals surface area contributed by atoms with Crippen molar-refractivity contribution in [2.75, 3.05) is 26.8 Å². The molecule has 0 saturated carbocycles. The Morgan fingerprint density at radius 2 is 2.25 bits per heavy atom. The molecule has 1 aromatic carbocycles. The number of halogens is 1. The van der Waals surface area contributed by atoms with E-state index in [2.05, 4.69) is 0 Å². The van der Waals surface area contributed by atoms with Crippen molar-refractivity contribution in [3.05, 3.63) is 41.2 Å². The first kappa shape index (κ1) is 16.3. The van der Waals surface area contributed by atoms with Crippen LogP contribution in [0.2, 0.25) is 0 Å². The molecule has 0 heterocycles. The molecule has 20 heavy (non-hydrogen) atoms. The van der Waals surface area contributed by atoms with E-state index in [0.717, 1.165) is 12.6 Å². The van der Waals surface area contributed by atoms with Gasteiger partial charge in [-0.3, -0.25) is 4.90 Å². The highest BCUT2D eigenvalue weighted by Crippen LogP contribution is 2.13. The van der Waals surface area contributed by atoms with Crippen molar-refractivity contribution in [3.63, 3.8) is 0 Å². The van der Waals surface area contributed by atoms with Crippen LogP contribution in [-0.4, -0.2) is 42.8 Å². The molecule has 0 unspecified atom stereocenters. The number of hydrogen-bond donors (Lipinski definition) is 1. The molecular formula is C15H20FNO3. The number of rotatable bonds is 8. The van der Waals surface area contributed by atoms with Gasteiger partial charge in [0.1, 0.15) is 5.82 Å². The molecule has 0 amide bonds. The van der Waals surface area contributed by atoms with E-state index in [1.807, 2.05) is 18.9 Å². The van der Waals surface area contributed by atoms with Crippen molar-refractivity contribution in [1.29, 1.82) is 0 Å². The molecule has 1 N–H and O–H groups in total. The number of carboxylic acid groups (broad SMARTS) is 1. The van der Waals surface area contributed by atoms with Gasteiger partial charge in [0.2, 0.25) is 0 Å². The molecule has 110 valence electrons. The second kappa shape index (κ2) is 8.45. The van der Waals surface area contributed by atoms with E-state index >= 15 is 0 Å². The third-order valence-corrected chi connectivity index (χ3v) is 2.76. The van der Waals surface area contributed by atoms with Crippen LogP contribution in [0.15, 0.2) is 24.3 Å². The molecule has 0 atom stereocenters. The molecule has 0 bridgehead atoms. The number of hydrogen-bond acceptors (Lipinski definition) is 3. The summed E-state index contributed by atoms with van der Waals surface area (Å²) in [5.41, 5.74) is 1.11. The number of benzene rings is 1. The Morgan fingerprint density at radius 3 is 2.85 bits per heavy atom. The van der Waals surface area contributed by atoms with E-state index in [-0.39, 0.29) is 5.82 Å². The molecule has 0 fully saturated rings. The first-order valence-corrected chi connectivity index (χ1v) is 6.48. The molecule has 5 heteroatoms.